The van der Waals surface area contributed by atoms with Crippen LogP contribution in [0.25, 0.3) is 0 Å². The molecular formula is C17H26N2O. The SMILES string of the molecule is O[C@H]1CN(CCc2ccccc2)C[C@@H]1N1CCCCC1. The van der Waals surface area contributed by atoms with E-state index in [1.165, 1.54) is 37.9 Å². The maximum absolute atomic E-state index is 10.3. The molecule has 1 aromatic rings. The summed E-state index contributed by atoms with van der Waals surface area (Å²) in [6, 6.07) is 11.0. The van der Waals surface area contributed by atoms with Crippen LogP contribution in [0.4, 0.5) is 0 Å². The third kappa shape index (κ3) is 3.40. The minimum absolute atomic E-state index is 0.163. The second kappa shape index (κ2) is 6.70. The van der Waals surface area contributed by atoms with Crippen LogP contribution in [0.5, 0.6) is 0 Å². The van der Waals surface area contributed by atoms with Gasteiger partial charge in [0.15, 0.2) is 0 Å². The highest BCUT2D eigenvalue weighted by Gasteiger charge is 2.35. The van der Waals surface area contributed by atoms with Gasteiger partial charge in [-0.1, -0.05) is 36.8 Å². The predicted octanol–water partition coefficient (Wildman–Crippen LogP) is 1.76. The van der Waals surface area contributed by atoms with Crippen LogP contribution in [0, 0.1) is 0 Å². The van der Waals surface area contributed by atoms with E-state index in [1.807, 2.05) is 0 Å². The van der Waals surface area contributed by atoms with Gasteiger partial charge >= 0.3 is 0 Å². The number of β-amino-alcohol motifs (C(OH)–C–C–N with tert-alkyl or cyclic N) is 1. The summed E-state index contributed by atoms with van der Waals surface area (Å²) in [5.74, 6) is 0. The summed E-state index contributed by atoms with van der Waals surface area (Å²) >= 11 is 0. The number of aliphatic hydroxyl groups excluding tert-OH is 1. The third-order valence-corrected chi connectivity index (χ3v) is 4.75. The molecule has 2 atom stereocenters. The largest absolute Gasteiger partial charge is 0.390 e. The van der Waals surface area contributed by atoms with Crippen LogP contribution < -0.4 is 0 Å². The van der Waals surface area contributed by atoms with E-state index in [4.69, 9.17) is 0 Å². The van der Waals surface area contributed by atoms with E-state index in [1.54, 1.807) is 0 Å². The zero-order valence-electron chi connectivity index (χ0n) is 12.2. The summed E-state index contributed by atoms with van der Waals surface area (Å²) < 4.78 is 0. The summed E-state index contributed by atoms with van der Waals surface area (Å²) in [5.41, 5.74) is 1.39. The molecule has 0 radical (unpaired) electrons. The lowest BCUT2D eigenvalue weighted by Crippen LogP contribution is -2.45. The number of rotatable bonds is 4. The first-order valence-corrected chi connectivity index (χ1v) is 8.01. The Morgan fingerprint density at radius 3 is 2.50 bits per heavy atom. The third-order valence-electron chi connectivity index (χ3n) is 4.75. The van der Waals surface area contributed by atoms with E-state index in [2.05, 4.69) is 40.1 Å². The molecule has 0 aromatic heterocycles. The molecule has 1 aromatic carbocycles. The number of hydrogen-bond acceptors (Lipinski definition) is 3. The van der Waals surface area contributed by atoms with Crippen LogP contribution in [0.1, 0.15) is 24.8 Å². The fourth-order valence-electron chi connectivity index (χ4n) is 3.57. The Morgan fingerprint density at radius 2 is 1.75 bits per heavy atom. The molecule has 0 saturated carbocycles. The van der Waals surface area contributed by atoms with Gasteiger partial charge in [0.05, 0.1) is 6.10 Å². The fourth-order valence-corrected chi connectivity index (χ4v) is 3.57. The number of aliphatic hydroxyl groups is 1. The molecule has 0 aliphatic carbocycles. The van der Waals surface area contributed by atoms with Gasteiger partial charge in [0, 0.05) is 25.7 Å². The highest BCUT2D eigenvalue weighted by molar-refractivity contribution is 5.15. The summed E-state index contributed by atoms with van der Waals surface area (Å²) in [7, 11) is 0. The molecule has 2 fully saturated rings. The highest BCUT2D eigenvalue weighted by atomic mass is 16.3. The Labute approximate surface area is 122 Å². The topological polar surface area (TPSA) is 26.7 Å². The van der Waals surface area contributed by atoms with Gasteiger partial charge in [-0.2, -0.15) is 0 Å². The van der Waals surface area contributed by atoms with Gasteiger partial charge in [0.2, 0.25) is 0 Å². The summed E-state index contributed by atoms with van der Waals surface area (Å²) in [6.07, 6.45) is 4.88. The molecule has 0 unspecified atom stereocenters. The normalized spacial score (nSPS) is 28.9. The Kier molecular flexibility index (Phi) is 4.71. The van der Waals surface area contributed by atoms with Crippen LogP contribution >= 0.6 is 0 Å². The molecule has 2 saturated heterocycles. The van der Waals surface area contributed by atoms with Crippen molar-refractivity contribution in [1.29, 1.82) is 0 Å². The highest BCUT2D eigenvalue weighted by Crippen LogP contribution is 2.21. The molecule has 0 spiro atoms. The number of hydrogen-bond donors (Lipinski definition) is 1. The summed E-state index contributed by atoms with van der Waals surface area (Å²) in [4.78, 5) is 4.94. The van der Waals surface area contributed by atoms with E-state index in [-0.39, 0.29) is 6.10 Å². The van der Waals surface area contributed by atoms with E-state index in [0.29, 0.717) is 6.04 Å². The smallest absolute Gasteiger partial charge is 0.0834 e. The first kappa shape index (κ1) is 14.1. The average Bonchev–Trinajstić information content (AvgIpc) is 2.88. The fraction of sp³-hybridized carbons (Fsp3) is 0.647. The van der Waals surface area contributed by atoms with Crippen LogP contribution in [0.2, 0.25) is 0 Å². The van der Waals surface area contributed by atoms with Crippen LogP contribution in [0.3, 0.4) is 0 Å². The lowest BCUT2D eigenvalue weighted by atomic mass is 10.1. The lowest BCUT2D eigenvalue weighted by molar-refractivity contribution is 0.0706. The van der Waals surface area contributed by atoms with Crippen LogP contribution in [0.15, 0.2) is 30.3 Å². The van der Waals surface area contributed by atoms with Crippen LogP contribution in [-0.4, -0.2) is 59.8 Å². The first-order chi connectivity index (χ1) is 9.83. The van der Waals surface area contributed by atoms with Crippen molar-refractivity contribution in [2.45, 2.75) is 37.8 Å². The molecule has 3 heteroatoms. The molecule has 3 nitrogen and oxygen atoms in total. The van der Waals surface area contributed by atoms with Gasteiger partial charge in [-0.3, -0.25) is 9.80 Å². The molecule has 110 valence electrons. The second-order valence-electron chi connectivity index (χ2n) is 6.23. The van der Waals surface area contributed by atoms with E-state index < -0.39 is 0 Å². The lowest BCUT2D eigenvalue weighted by Gasteiger charge is -2.33. The maximum atomic E-state index is 10.3. The predicted molar refractivity (Wildman–Crippen MR) is 81.8 cm³/mol. The van der Waals surface area contributed by atoms with Gasteiger partial charge in [-0.25, -0.2) is 0 Å². The molecule has 3 rings (SSSR count). The Balaban J connectivity index is 1.50. The van der Waals surface area contributed by atoms with Crippen molar-refractivity contribution in [3.8, 4) is 0 Å². The Bertz CT molecular complexity index is 403. The summed E-state index contributed by atoms with van der Waals surface area (Å²) in [6.45, 7) is 5.29. The van der Waals surface area contributed by atoms with Crippen molar-refractivity contribution in [1.82, 2.24) is 9.80 Å². The van der Waals surface area contributed by atoms with Crippen molar-refractivity contribution in [3.63, 3.8) is 0 Å². The van der Waals surface area contributed by atoms with Crippen molar-refractivity contribution in [2.75, 3.05) is 32.7 Å². The zero-order chi connectivity index (χ0) is 13.8. The Morgan fingerprint density at radius 1 is 1.00 bits per heavy atom. The van der Waals surface area contributed by atoms with Crippen molar-refractivity contribution >= 4 is 0 Å². The van der Waals surface area contributed by atoms with Gasteiger partial charge in [-0.15, -0.1) is 0 Å². The van der Waals surface area contributed by atoms with Crippen molar-refractivity contribution < 1.29 is 5.11 Å². The zero-order valence-corrected chi connectivity index (χ0v) is 12.2. The second-order valence-corrected chi connectivity index (χ2v) is 6.23. The van der Waals surface area contributed by atoms with Gasteiger partial charge < -0.3 is 5.11 Å². The van der Waals surface area contributed by atoms with E-state index in [9.17, 15) is 5.11 Å². The monoisotopic (exact) mass is 274 g/mol. The number of benzene rings is 1. The van der Waals surface area contributed by atoms with Crippen molar-refractivity contribution in [2.24, 2.45) is 0 Å². The number of piperidine rings is 1. The molecule has 2 aliphatic heterocycles. The Hall–Kier alpha value is -0.900. The summed E-state index contributed by atoms with van der Waals surface area (Å²) in [5, 5.41) is 10.3. The average molecular weight is 274 g/mol. The maximum Gasteiger partial charge on any atom is 0.0834 e. The van der Waals surface area contributed by atoms with Crippen molar-refractivity contribution in [3.05, 3.63) is 35.9 Å². The molecule has 2 heterocycles. The standard InChI is InChI=1S/C17H26N2O/c20-17-14-18(12-9-15-7-3-1-4-8-15)13-16(17)19-10-5-2-6-11-19/h1,3-4,7-8,16-17,20H,2,5-6,9-14H2/t16-,17-/m0/s1. The van der Waals surface area contributed by atoms with Crippen LogP contribution in [-0.2, 0) is 6.42 Å². The first-order valence-electron chi connectivity index (χ1n) is 8.01. The number of likely N-dealkylation sites (tertiary alicyclic amines) is 2. The molecule has 0 bridgehead atoms. The molecule has 2 aliphatic rings. The van der Waals surface area contributed by atoms with Gasteiger partial charge in [-0.05, 0) is 37.9 Å². The van der Waals surface area contributed by atoms with Gasteiger partial charge in [0.1, 0.15) is 0 Å². The number of nitrogens with zero attached hydrogens (tertiary/aromatic N) is 2. The molecular weight excluding hydrogens is 248 g/mol. The molecule has 1 N–H and O–H groups in total. The molecule has 20 heavy (non-hydrogen) atoms. The van der Waals surface area contributed by atoms with E-state index in [0.717, 1.165) is 26.1 Å². The molecule has 0 amide bonds. The van der Waals surface area contributed by atoms with E-state index >= 15 is 0 Å². The minimum Gasteiger partial charge on any atom is -0.390 e. The minimum atomic E-state index is -0.163. The quantitative estimate of drug-likeness (QED) is 0.906. The van der Waals surface area contributed by atoms with Gasteiger partial charge in [0.25, 0.3) is 0 Å².